The first-order valence-electron chi connectivity index (χ1n) is 4.67. The van der Waals surface area contributed by atoms with E-state index < -0.39 is 0 Å². The van der Waals surface area contributed by atoms with Gasteiger partial charge in [0, 0.05) is 17.6 Å². The highest BCUT2D eigenvalue weighted by molar-refractivity contribution is 7.11. The lowest BCUT2D eigenvalue weighted by molar-refractivity contribution is 0.691. The molecule has 0 unspecified atom stereocenters. The van der Waals surface area contributed by atoms with Crippen molar-refractivity contribution < 1.29 is 0 Å². The molecule has 1 aromatic heterocycles. The third kappa shape index (κ3) is 2.47. The molecule has 2 aromatic rings. The summed E-state index contributed by atoms with van der Waals surface area (Å²) in [6.07, 6.45) is 1.92. The van der Waals surface area contributed by atoms with Crippen molar-refractivity contribution in [1.29, 1.82) is 0 Å². The second-order valence-corrected chi connectivity index (χ2v) is 4.58. The standard InChI is InChI=1S/C11H13N2S/c1-9-6-13-11(14-9)8-12-7-10-4-2-3-5-10/h2-6,12H,7-8H2,1H3/q-1. The summed E-state index contributed by atoms with van der Waals surface area (Å²) in [7, 11) is 0. The van der Waals surface area contributed by atoms with Gasteiger partial charge < -0.3 is 5.32 Å². The highest BCUT2D eigenvalue weighted by Crippen LogP contribution is 2.10. The number of thiazole rings is 1. The normalized spacial score (nSPS) is 10.6. The number of hydrogen-bond acceptors (Lipinski definition) is 3. The lowest BCUT2D eigenvalue weighted by atomic mass is 10.3. The first-order chi connectivity index (χ1) is 6.84. The first kappa shape index (κ1) is 9.49. The van der Waals surface area contributed by atoms with Gasteiger partial charge in [0.1, 0.15) is 5.01 Å². The molecule has 0 radical (unpaired) electrons. The molecule has 0 fully saturated rings. The highest BCUT2D eigenvalue weighted by Gasteiger charge is 1.96. The Morgan fingerprint density at radius 3 is 3.07 bits per heavy atom. The zero-order chi connectivity index (χ0) is 9.80. The van der Waals surface area contributed by atoms with Crippen LogP contribution in [0.4, 0.5) is 0 Å². The topological polar surface area (TPSA) is 24.9 Å². The van der Waals surface area contributed by atoms with Gasteiger partial charge >= 0.3 is 0 Å². The van der Waals surface area contributed by atoms with Crippen LogP contribution in [0.5, 0.6) is 0 Å². The van der Waals surface area contributed by atoms with Gasteiger partial charge in [-0.15, -0.1) is 11.3 Å². The molecular formula is C11H13N2S-. The number of aromatic nitrogens is 1. The Balaban J connectivity index is 1.78. The molecule has 0 spiro atoms. The number of aryl methyl sites for hydroxylation is 1. The summed E-state index contributed by atoms with van der Waals surface area (Å²) >= 11 is 1.75. The fourth-order valence-electron chi connectivity index (χ4n) is 1.33. The van der Waals surface area contributed by atoms with Crippen molar-refractivity contribution >= 4 is 11.3 Å². The average Bonchev–Trinajstić information content (AvgIpc) is 2.77. The summed E-state index contributed by atoms with van der Waals surface area (Å²) in [6.45, 7) is 3.87. The molecule has 3 heteroatoms. The molecule has 0 saturated carbocycles. The van der Waals surface area contributed by atoms with Crippen LogP contribution < -0.4 is 5.32 Å². The van der Waals surface area contributed by atoms with Gasteiger partial charge in [0.05, 0.1) is 0 Å². The summed E-state index contributed by atoms with van der Waals surface area (Å²) in [5, 5.41) is 4.53. The molecule has 1 heterocycles. The zero-order valence-corrected chi connectivity index (χ0v) is 8.97. The van der Waals surface area contributed by atoms with E-state index in [0.717, 1.165) is 18.1 Å². The summed E-state index contributed by atoms with van der Waals surface area (Å²) in [4.78, 5) is 5.56. The smallest absolute Gasteiger partial charge is 0.107 e. The van der Waals surface area contributed by atoms with E-state index in [9.17, 15) is 0 Å². The first-order valence-corrected chi connectivity index (χ1v) is 5.49. The Morgan fingerprint density at radius 1 is 1.50 bits per heavy atom. The van der Waals surface area contributed by atoms with Crippen molar-refractivity contribution in [2.24, 2.45) is 0 Å². The zero-order valence-electron chi connectivity index (χ0n) is 8.16. The molecule has 74 valence electrons. The maximum atomic E-state index is 4.29. The fraction of sp³-hybridized carbons (Fsp3) is 0.273. The van der Waals surface area contributed by atoms with Crippen molar-refractivity contribution in [1.82, 2.24) is 10.3 Å². The molecule has 0 amide bonds. The van der Waals surface area contributed by atoms with Crippen LogP contribution in [-0.2, 0) is 13.1 Å². The van der Waals surface area contributed by atoms with Crippen LogP contribution >= 0.6 is 11.3 Å². The van der Waals surface area contributed by atoms with Gasteiger partial charge in [0.25, 0.3) is 0 Å². The van der Waals surface area contributed by atoms with Gasteiger partial charge in [-0.3, -0.25) is 0 Å². The third-order valence-corrected chi connectivity index (χ3v) is 2.92. The Morgan fingerprint density at radius 2 is 2.43 bits per heavy atom. The maximum absolute atomic E-state index is 4.29. The van der Waals surface area contributed by atoms with E-state index in [1.807, 2.05) is 6.20 Å². The van der Waals surface area contributed by atoms with E-state index in [-0.39, 0.29) is 0 Å². The van der Waals surface area contributed by atoms with Crippen molar-refractivity contribution in [3.8, 4) is 0 Å². The Labute approximate surface area is 88.0 Å². The van der Waals surface area contributed by atoms with Crippen LogP contribution in [0.15, 0.2) is 30.5 Å². The molecule has 0 aliphatic heterocycles. The summed E-state index contributed by atoms with van der Waals surface area (Å²) < 4.78 is 0. The highest BCUT2D eigenvalue weighted by atomic mass is 32.1. The fourth-order valence-corrected chi connectivity index (χ4v) is 2.09. The largest absolute Gasteiger partial charge is 0.319 e. The second-order valence-electron chi connectivity index (χ2n) is 3.26. The van der Waals surface area contributed by atoms with Crippen LogP contribution in [0, 0.1) is 6.92 Å². The summed E-state index contributed by atoms with van der Waals surface area (Å²) in [6, 6.07) is 8.37. The molecule has 1 aromatic carbocycles. The minimum atomic E-state index is 0.865. The number of nitrogens with zero attached hydrogens (tertiary/aromatic N) is 1. The Bertz CT molecular complexity index is 376. The van der Waals surface area contributed by atoms with Crippen molar-refractivity contribution in [3.05, 3.63) is 45.9 Å². The van der Waals surface area contributed by atoms with E-state index in [1.165, 1.54) is 10.4 Å². The van der Waals surface area contributed by atoms with Gasteiger partial charge in [-0.25, -0.2) is 11.1 Å². The second kappa shape index (κ2) is 4.44. The molecule has 2 nitrogen and oxygen atoms in total. The van der Waals surface area contributed by atoms with Gasteiger partial charge in [-0.2, -0.15) is 23.8 Å². The number of rotatable bonds is 4. The Hall–Kier alpha value is -1.06. The maximum Gasteiger partial charge on any atom is 0.107 e. The SMILES string of the molecule is Cc1cnc(CNCc2cc[cH-]c2)s1. The lowest BCUT2D eigenvalue weighted by Crippen LogP contribution is -2.11. The molecule has 0 aliphatic carbocycles. The predicted molar refractivity (Wildman–Crippen MR) is 59.4 cm³/mol. The molecule has 0 bridgehead atoms. The summed E-state index contributed by atoms with van der Waals surface area (Å²) in [5.74, 6) is 0. The minimum Gasteiger partial charge on any atom is -0.319 e. The van der Waals surface area contributed by atoms with Gasteiger partial charge in [0.15, 0.2) is 0 Å². The lowest BCUT2D eigenvalue weighted by Gasteiger charge is -2.04. The molecular weight excluding hydrogens is 192 g/mol. The van der Waals surface area contributed by atoms with Crippen LogP contribution in [0.2, 0.25) is 0 Å². The van der Waals surface area contributed by atoms with E-state index >= 15 is 0 Å². The summed E-state index contributed by atoms with van der Waals surface area (Å²) in [5.41, 5.74) is 1.33. The molecule has 2 rings (SSSR count). The van der Waals surface area contributed by atoms with Crippen LogP contribution in [-0.4, -0.2) is 4.98 Å². The van der Waals surface area contributed by atoms with Gasteiger partial charge in [-0.05, 0) is 13.5 Å². The monoisotopic (exact) mass is 205 g/mol. The molecule has 0 atom stereocenters. The molecule has 0 aliphatic rings. The third-order valence-electron chi connectivity index (χ3n) is 2.01. The number of nitrogens with one attached hydrogen (secondary N) is 1. The van der Waals surface area contributed by atoms with Crippen molar-refractivity contribution in [2.45, 2.75) is 20.0 Å². The van der Waals surface area contributed by atoms with Gasteiger partial charge in [0.2, 0.25) is 0 Å². The van der Waals surface area contributed by atoms with E-state index in [4.69, 9.17) is 0 Å². The molecule has 0 saturated heterocycles. The van der Waals surface area contributed by atoms with Crippen molar-refractivity contribution in [3.63, 3.8) is 0 Å². The molecule has 14 heavy (non-hydrogen) atoms. The predicted octanol–water partition coefficient (Wildman–Crippen LogP) is 2.46. The van der Waals surface area contributed by atoms with Crippen LogP contribution in [0.1, 0.15) is 15.4 Å². The van der Waals surface area contributed by atoms with E-state index in [0.29, 0.717) is 0 Å². The quantitative estimate of drug-likeness (QED) is 0.776. The molecule has 1 N–H and O–H groups in total. The average molecular weight is 205 g/mol. The van der Waals surface area contributed by atoms with Crippen LogP contribution in [0.25, 0.3) is 0 Å². The van der Waals surface area contributed by atoms with Crippen LogP contribution in [0.3, 0.4) is 0 Å². The number of hydrogen-bond donors (Lipinski definition) is 1. The van der Waals surface area contributed by atoms with Gasteiger partial charge in [-0.1, -0.05) is 0 Å². The Kier molecular flexibility index (Phi) is 3.01. The minimum absolute atomic E-state index is 0.865. The van der Waals surface area contributed by atoms with Crippen molar-refractivity contribution in [2.75, 3.05) is 0 Å². The van der Waals surface area contributed by atoms with E-state index in [1.54, 1.807) is 11.3 Å². The van der Waals surface area contributed by atoms with E-state index in [2.05, 4.69) is 41.5 Å².